The molecule has 0 amide bonds. The Hall–Kier alpha value is -1.89. The predicted molar refractivity (Wildman–Crippen MR) is 71.6 cm³/mol. The van der Waals surface area contributed by atoms with Crippen molar-refractivity contribution in [1.29, 1.82) is 0 Å². The second-order valence-electron chi connectivity index (χ2n) is 4.57. The van der Waals surface area contributed by atoms with Crippen molar-refractivity contribution in [2.45, 2.75) is 19.8 Å². The molecule has 0 atom stereocenters. The van der Waals surface area contributed by atoms with Crippen LogP contribution >= 0.6 is 0 Å². The number of rotatable bonds is 1. The molecule has 0 aliphatic heterocycles. The van der Waals surface area contributed by atoms with Gasteiger partial charge in [-0.3, -0.25) is 4.98 Å². The van der Waals surface area contributed by atoms with E-state index in [4.69, 9.17) is 0 Å². The van der Waals surface area contributed by atoms with Crippen LogP contribution in [0.15, 0.2) is 42.6 Å². The van der Waals surface area contributed by atoms with Gasteiger partial charge in [-0.05, 0) is 48.6 Å². The minimum Gasteiger partial charge on any atom is -0.261 e. The van der Waals surface area contributed by atoms with Crippen LogP contribution in [0, 0.1) is 6.92 Å². The normalized spacial score (nSPS) is 14.1. The summed E-state index contributed by atoms with van der Waals surface area (Å²) >= 11 is 0. The predicted octanol–water partition coefficient (Wildman–Crippen LogP) is 3.88. The summed E-state index contributed by atoms with van der Waals surface area (Å²) in [6.45, 7) is 2.12. The summed E-state index contributed by atoms with van der Waals surface area (Å²) in [6.07, 6.45) is 6.29. The Bertz CT molecular complexity index is 564. The van der Waals surface area contributed by atoms with E-state index in [1.807, 2.05) is 12.3 Å². The van der Waals surface area contributed by atoms with Gasteiger partial charge in [0.1, 0.15) is 0 Å². The van der Waals surface area contributed by atoms with Gasteiger partial charge in [-0.1, -0.05) is 35.9 Å². The van der Waals surface area contributed by atoms with Gasteiger partial charge in [-0.25, -0.2) is 0 Å². The van der Waals surface area contributed by atoms with Gasteiger partial charge in [0.15, 0.2) is 0 Å². The van der Waals surface area contributed by atoms with Crippen molar-refractivity contribution in [3.05, 3.63) is 65.0 Å². The molecule has 0 saturated heterocycles. The molecule has 1 aliphatic rings. The lowest BCUT2D eigenvalue weighted by Gasteiger charge is -2.15. The maximum absolute atomic E-state index is 4.42. The highest BCUT2D eigenvalue weighted by Gasteiger charge is 2.11. The lowest BCUT2D eigenvalue weighted by Crippen LogP contribution is -2.01. The summed E-state index contributed by atoms with van der Waals surface area (Å²) in [5.41, 5.74) is 6.57. The minimum atomic E-state index is 1.05. The Balaban J connectivity index is 2.01. The van der Waals surface area contributed by atoms with E-state index in [1.165, 1.54) is 28.0 Å². The van der Waals surface area contributed by atoms with Gasteiger partial charge in [0.2, 0.25) is 0 Å². The molecule has 84 valence electrons. The molecule has 17 heavy (non-hydrogen) atoms. The SMILES string of the molecule is Cc1ccc(C2=Cc3cccnc3CC2)cc1. The second kappa shape index (κ2) is 4.17. The third-order valence-electron chi connectivity index (χ3n) is 3.31. The van der Waals surface area contributed by atoms with E-state index in [2.05, 4.69) is 48.3 Å². The Morgan fingerprint density at radius 2 is 1.82 bits per heavy atom. The molecule has 0 spiro atoms. The van der Waals surface area contributed by atoms with E-state index >= 15 is 0 Å². The minimum absolute atomic E-state index is 1.05. The first-order valence-corrected chi connectivity index (χ1v) is 6.04. The molecule has 1 aromatic heterocycles. The molecule has 0 N–H and O–H groups in total. The Labute approximate surface area is 102 Å². The van der Waals surface area contributed by atoms with E-state index in [1.54, 1.807) is 0 Å². The quantitative estimate of drug-likeness (QED) is 0.712. The number of nitrogens with zero attached hydrogens (tertiary/aromatic N) is 1. The maximum Gasteiger partial charge on any atom is 0.0479 e. The number of aryl methyl sites for hydroxylation is 2. The van der Waals surface area contributed by atoms with E-state index < -0.39 is 0 Å². The summed E-state index contributed by atoms with van der Waals surface area (Å²) in [5, 5.41) is 0. The molecule has 0 unspecified atom stereocenters. The molecule has 1 heteroatoms. The maximum atomic E-state index is 4.42. The largest absolute Gasteiger partial charge is 0.261 e. The van der Waals surface area contributed by atoms with Gasteiger partial charge in [0.25, 0.3) is 0 Å². The molecule has 0 radical (unpaired) electrons. The van der Waals surface area contributed by atoms with Crippen LogP contribution in [-0.2, 0) is 6.42 Å². The molecule has 0 bridgehead atoms. The number of benzene rings is 1. The van der Waals surface area contributed by atoms with Crippen molar-refractivity contribution in [3.8, 4) is 0 Å². The first-order chi connectivity index (χ1) is 8.33. The Morgan fingerprint density at radius 3 is 2.65 bits per heavy atom. The lowest BCUT2D eigenvalue weighted by molar-refractivity contribution is 0.939. The smallest absolute Gasteiger partial charge is 0.0479 e. The molecule has 3 rings (SSSR count). The zero-order valence-electron chi connectivity index (χ0n) is 9.98. The highest BCUT2D eigenvalue weighted by Crippen LogP contribution is 2.29. The summed E-state index contributed by atoms with van der Waals surface area (Å²) < 4.78 is 0. The summed E-state index contributed by atoms with van der Waals surface area (Å²) in [7, 11) is 0. The molecule has 1 aliphatic carbocycles. The number of allylic oxidation sites excluding steroid dienone is 1. The first-order valence-electron chi connectivity index (χ1n) is 6.04. The van der Waals surface area contributed by atoms with Crippen molar-refractivity contribution in [2.75, 3.05) is 0 Å². The van der Waals surface area contributed by atoms with Crippen molar-refractivity contribution >= 4 is 11.6 Å². The number of fused-ring (bicyclic) bond motifs is 1. The monoisotopic (exact) mass is 221 g/mol. The van der Waals surface area contributed by atoms with Crippen molar-refractivity contribution in [1.82, 2.24) is 4.98 Å². The first kappa shape index (κ1) is 10.3. The van der Waals surface area contributed by atoms with Crippen molar-refractivity contribution in [3.63, 3.8) is 0 Å². The number of hydrogen-bond donors (Lipinski definition) is 0. The van der Waals surface area contributed by atoms with Gasteiger partial charge < -0.3 is 0 Å². The fraction of sp³-hybridized carbons (Fsp3) is 0.188. The third-order valence-corrected chi connectivity index (χ3v) is 3.31. The molecule has 1 aromatic carbocycles. The average molecular weight is 221 g/mol. The average Bonchev–Trinajstić information content (AvgIpc) is 2.39. The van der Waals surface area contributed by atoms with Gasteiger partial charge in [0.05, 0.1) is 0 Å². The highest BCUT2D eigenvalue weighted by molar-refractivity contribution is 5.83. The van der Waals surface area contributed by atoms with Gasteiger partial charge >= 0.3 is 0 Å². The second-order valence-corrected chi connectivity index (χ2v) is 4.57. The standard InChI is InChI=1S/C16H15N/c1-12-4-6-13(7-5-12)14-8-9-16-15(11-14)3-2-10-17-16/h2-7,10-11H,8-9H2,1H3. The fourth-order valence-corrected chi connectivity index (χ4v) is 2.30. The van der Waals surface area contributed by atoms with Crippen molar-refractivity contribution < 1.29 is 0 Å². The lowest BCUT2D eigenvalue weighted by atomic mass is 9.91. The zero-order chi connectivity index (χ0) is 11.7. The molecule has 1 heterocycles. The fourth-order valence-electron chi connectivity index (χ4n) is 2.30. The molecule has 0 saturated carbocycles. The summed E-state index contributed by atoms with van der Waals surface area (Å²) in [5.74, 6) is 0. The van der Waals surface area contributed by atoms with E-state index in [0.29, 0.717) is 0 Å². The van der Waals surface area contributed by atoms with Gasteiger partial charge in [0, 0.05) is 11.9 Å². The number of aromatic nitrogens is 1. The van der Waals surface area contributed by atoms with Crippen molar-refractivity contribution in [2.24, 2.45) is 0 Å². The van der Waals surface area contributed by atoms with Crippen LogP contribution in [0.3, 0.4) is 0 Å². The molecule has 1 nitrogen and oxygen atoms in total. The highest BCUT2D eigenvalue weighted by atomic mass is 14.7. The van der Waals surface area contributed by atoms with E-state index in [9.17, 15) is 0 Å². The Morgan fingerprint density at radius 1 is 1.00 bits per heavy atom. The van der Waals surface area contributed by atoms with Gasteiger partial charge in [-0.15, -0.1) is 0 Å². The molecule has 2 aromatic rings. The number of hydrogen-bond acceptors (Lipinski definition) is 1. The van der Waals surface area contributed by atoms with Crippen LogP contribution in [0.4, 0.5) is 0 Å². The topological polar surface area (TPSA) is 12.9 Å². The molecular weight excluding hydrogens is 206 g/mol. The van der Waals surface area contributed by atoms with Crippen LogP contribution in [0.1, 0.15) is 28.8 Å². The van der Waals surface area contributed by atoms with Crippen LogP contribution in [0.5, 0.6) is 0 Å². The van der Waals surface area contributed by atoms with Crippen LogP contribution in [-0.4, -0.2) is 4.98 Å². The van der Waals surface area contributed by atoms with Gasteiger partial charge in [-0.2, -0.15) is 0 Å². The van der Waals surface area contributed by atoms with E-state index in [-0.39, 0.29) is 0 Å². The van der Waals surface area contributed by atoms with Crippen LogP contribution in [0.25, 0.3) is 11.6 Å². The van der Waals surface area contributed by atoms with E-state index in [0.717, 1.165) is 12.8 Å². The Kier molecular flexibility index (Phi) is 2.52. The molecule has 0 fully saturated rings. The third kappa shape index (κ3) is 2.01. The molecular formula is C16H15N. The number of pyridine rings is 1. The van der Waals surface area contributed by atoms with Crippen LogP contribution in [0.2, 0.25) is 0 Å². The summed E-state index contributed by atoms with van der Waals surface area (Å²) in [6, 6.07) is 12.9. The van der Waals surface area contributed by atoms with Crippen LogP contribution < -0.4 is 0 Å². The zero-order valence-corrected chi connectivity index (χ0v) is 9.98. The summed E-state index contributed by atoms with van der Waals surface area (Å²) in [4.78, 5) is 4.42.